The number of nitriles is 1. The molecule has 0 aromatic heterocycles. The summed E-state index contributed by atoms with van der Waals surface area (Å²) < 4.78 is 42.6. The van der Waals surface area contributed by atoms with E-state index >= 15 is 0 Å². The number of hydrogen-bond donors (Lipinski definition) is 1. The molecule has 0 saturated heterocycles. The van der Waals surface area contributed by atoms with Gasteiger partial charge in [-0.2, -0.15) is 14.0 Å². The zero-order valence-electron chi connectivity index (χ0n) is 12.2. The first-order valence-electron chi connectivity index (χ1n) is 6.73. The summed E-state index contributed by atoms with van der Waals surface area (Å²) in [4.78, 5) is 12.1. The van der Waals surface area contributed by atoms with Gasteiger partial charge in [0.2, 0.25) is 0 Å². The maximum atomic E-state index is 13.5. The van der Waals surface area contributed by atoms with E-state index in [0.717, 1.165) is 12.1 Å². The Morgan fingerprint density at radius 1 is 1.17 bits per heavy atom. The number of nitrogens with one attached hydrogen (secondary N) is 1. The third-order valence-electron chi connectivity index (χ3n) is 2.92. The van der Waals surface area contributed by atoms with E-state index < -0.39 is 18.3 Å². The van der Waals surface area contributed by atoms with Crippen molar-refractivity contribution < 1.29 is 22.7 Å². The Morgan fingerprint density at radius 2 is 1.83 bits per heavy atom. The highest BCUT2D eigenvalue weighted by atomic mass is 19.3. The second-order valence-electron chi connectivity index (χ2n) is 4.52. The summed E-state index contributed by atoms with van der Waals surface area (Å²) in [6.45, 7) is -3.04. The maximum absolute atomic E-state index is 13.5. The Balaban J connectivity index is 2.28. The third kappa shape index (κ3) is 4.36. The maximum Gasteiger partial charge on any atom is 0.387 e. The Hall–Kier alpha value is -3.27. The number of ether oxygens (including phenoxy) is 1. The van der Waals surface area contributed by atoms with Gasteiger partial charge in [-0.15, -0.1) is 0 Å². The van der Waals surface area contributed by atoms with Gasteiger partial charge in [0.1, 0.15) is 23.2 Å². The number of anilines is 1. The van der Waals surface area contributed by atoms with Crippen LogP contribution in [0.2, 0.25) is 0 Å². The van der Waals surface area contributed by atoms with Gasteiger partial charge in [-0.25, -0.2) is 4.39 Å². The predicted octanol–water partition coefficient (Wildman–Crippen LogP) is 3.97. The van der Waals surface area contributed by atoms with Crippen molar-refractivity contribution in [3.05, 3.63) is 65.5 Å². The van der Waals surface area contributed by atoms with Crippen LogP contribution in [0.1, 0.15) is 5.56 Å². The fourth-order valence-electron chi connectivity index (χ4n) is 1.86. The molecule has 0 aliphatic rings. The zero-order chi connectivity index (χ0) is 17.5. The Bertz CT molecular complexity index is 813. The normalized spacial score (nSPS) is 11.0. The molecule has 0 aliphatic carbocycles. The van der Waals surface area contributed by atoms with Gasteiger partial charge in [-0.3, -0.25) is 4.79 Å². The highest BCUT2D eigenvalue weighted by Gasteiger charge is 2.14. The monoisotopic (exact) mass is 332 g/mol. The molecule has 0 saturated carbocycles. The molecule has 0 spiro atoms. The SMILES string of the molecule is N#C/C(=C/c1ccccc1OC(F)F)C(=O)Nc1ccccc1F. The molecule has 7 heteroatoms. The van der Waals surface area contributed by atoms with E-state index in [2.05, 4.69) is 10.1 Å². The molecule has 122 valence electrons. The molecule has 0 unspecified atom stereocenters. The lowest BCUT2D eigenvalue weighted by Crippen LogP contribution is -2.14. The molecule has 0 bridgehead atoms. The average Bonchev–Trinajstić information content (AvgIpc) is 2.55. The van der Waals surface area contributed by atoms with Crippen LogP contribution in [0.25, 0.3) is 6.08 Å². The highest BCUT2D eigenvalue weighted by Crippen LogP contribution is 2.23. The summed E-state index contributed by atoms with van der Waals surface area (Å²) in [5, 5.41) is 11.4. The Kier molecular flexibility index (Phi) is 5.58. The first-order valence-corrected chi connectivity index (χ1v) is 6.73. The largest absolute Gasteiger partial charge is 0.434 e. The van der Waals surface area contributed by atoms with Crippen LogP contribution in [0.5, 0.6) is 5.75 Å². The van der Waals surface area contributed by atoms with E-state index in [1.165, 1.54) is 42.5 Å². The van der Waals surface area contributed by atoms with Crippen molar-refractivity contribution in [1.29, 1.82) is 5.26 Å². The molecule has 2 aromatic carbocycles. The molecule has 2 aromatic rings. The van der Waals surface area contributed by atoms with E-state index in [4.69, 9.17) is 5.26 Å². The standard InChI is InChI=1S/C17H11F3N2O2/c18-13-6-2-3-7-14(13)22-16(23)12(10-21)9-11-5-1-4-8-15(11)24-17(19)20/h1-9,17H,(H,22,23)/b12-9-. The fourth-order valence-corrected chi connectivity index (χ4v) is 1.86. The van der Waals surface area contributed by atoms with Crippen LogP contribution in [0, 0.1) is 17.1 Å². The van der Waals surface area contributed by atoms with Crippen molar-refractivity contribution in [3.63, 3.8) is 0 Å². The Morgan fingerprint density at radius 3 is 2.50 bits per heavy atom. The number of hydrogen-bond acceptors (Lipinski definition) is 3. The molecule has 0 heterocycles. The lowest BCUT2D eigenvalue weighted by atomic mass is 10.1. The molecular weight excluding hydrogens is 321 g/mol. The number of para-hydroxylation sites is 2. The van der Waals surface area contributed by atoms with Crippen LogP contribution >= 0.6 is 0 Å². The molecule has 1 N–H and O–H groups in total. The number of halogens is 3. The molecular formula is C17H11F3N2O2. The Labute approximate surface area is 135 Å². The van der Waals surface area contributed by atoms with Gasteiger partial charge >= 0.3 is 6.61 Å². The van der Waals surface area contributed by atoms with Crippen LogP contribution in [-0.2, 0) is 4.79 Å². The molecule has 0 radical (unpaired) electrons. The fraction of sp³-hybridized carbons (Fsp3) is 0.0588. The number of alkyl halides is 2. The van der Waals surface area contributed by atoms with E-state index in [9.17, 15) is 18.0 Å². The first kappa shape index (κ1) is 17.1. The van der Waals surface area contributed by atoms with E-state index in [0.29, 0.717) is 0 Å². The van der Waals surface area contributed by atoms with E-state index in [-0.39, 0.29) is 22.6 Å². The number of rotatable bonds is 5. The summed E-state index contributed by atoms with van der Waals surface area (Å²) >= 11 is 0. The van der Waals surface area contributed by atoms with Gasteiger partial charge in [0, 0.05) is 5.56 Å². The summed E-state index contributed by atoms with van der Waals surface area (Å²) in [5.74, 6) is -1.71. The van der Waals surface area contributed by atoms with Gasteiger partial charge in [0.05, 0.1) is 5.69 Å². The zero-order valence-corrected chi connectivity index (χ0v) is 12.2. The van der Waals surface area contributed by atoms with E-state index in [1.54, 1.807) is 6.07 Å². The highest BCUT2D eigenvalue weighted by molar-refractivity contribution is 6.09. The number of carbonyl (C=O) groups excluding carboxylic acids is 1. The van der Waals surface area contributed by atoms with Crippen molar-refractivity contribution in [2.75, 3.05) is 5.32 Å². The molecule has 4 nitrogen and oxygen atoms in total. The number of nitrogens with zero attached hydrogens (tertiary/aromatic N) is 1. The van der Waals surface area contributed by atoms with Gasteiger partial charge in [0.15, 0.2) is 0 Å². The summed E-state index contributed by atoms with van der Waals surface area (Å²) in [5.41, 5.74) is -0.359. The van der Waals surface area contributed by atoms with Gasteiger partial charge in [-0.1, -0.05) is 30.3 Å². The van der Waals surface area contributed by atoms with Crippen molar-refractivity contribution in [2.24, 2.45) is 0 Å². The van der Waals surface area contributed by atoms with Crippen molar-refractivity contribution in [1.82, 2.24) is 0 Å². The van der Waals surface area contributed by atoms with Crippen molar-refractivity contribution in [3.8, 4) is 11.8 Å². The van der Waals surface area contributed by atoms with Gasteiger partial charge in [-0.05, 0) is 24.3 Å². The predicted molar refractivity (Wildman–Crippen MR) is 81.7 cm³/mol. The summed E-state index contributed by atoms with van der Waals surface area (Å²) in [6, 6.07) is 12.8. The molecule has 2 rings (SSSR count). The second kappa shape index (κ2) is 7.83. The van der Waals surface area contributed by atoms with Crippen LogP contribution in [0.15, 0.2) is 54.1 Å². The van der Waals surface area contributed by atoms with Gasteiger partial charge in [0.25, 0.3) is 5.91 Å². The van der Waals surface area contributed by atoms with Crippen LogP contribution in [0.4, 0.5) is 18.9 Å². The van der Waals surface area contributed by atoms with E-state index in [1.807, 2.05) is 0 Å². The van der Waals surface area contributed by atoms with Crippen LogP contribution in [-0.4, -0.2) is 12.5 Å². The molecule has 1 amide bonds. The number of benzene rings is 2. The lowest BCUT2D eigenvalue weighted by molar-refractivity contribution is -0.112. The summed E-state index contributed by atoms with van der Waals surface area (Å²) in [7, 11) is 0. The quantitative estimate of drug-likeness (QED) is 0.665. The van der Waals surface area contributed by atoms with Crippen molar-refractivity contribution >= 4 is 17.7 Å². The molecule has 0 atom stereocenters. The van der Waals surface area contributed by atoms with Crippen LogP contribution in [0.3, 0.4) is 0 Å². The summed E-state index contributed by atoms with van der Waals surface area (Å²) in [6.07, 6.45) is 1.09. The van der Waals surface area contributed by atoms with Crippen LogP contribution < -0.4 is 10.1 Å². The third-order valence-corrected chi connectivity index (χ3v) is 2.92. The average molecular weight is 332 g/mol. The van der Waals surface area contributed by atoms with Crippen molar-refractivity contribution in [2.45, 2.75) is 6.61 Å². The minimum atomic E-state index is -3.04. The lowest BCUT2D eigenvalue weighted by Gasteiger charge is -2.08. The minimum Gasteiger partial charge on any atom is -0.434 e. The number of amides is 1. The second-order valence-corrected chi connectivity index (χ2v) is 4.52. The smallest absolute Gasteiger partial charge is 0.387 e. The topological polar surface area (TPSA) is 62.1 Å². The first-order chi connectivity index (χ1) is 11.5. The van der Waals surface area contributed by atoms with Gasteiger partial charge < -0.3 is 10.1 Å². The minimum absolute atomic E-state index is 0.0965. The molecule has 0 fully saturated rings. The molecule has 0 aliphatic heterocycles. The molecule has 24 heavy (non-hydrogen) atoms. The number of carbonyl (C=O) groups is 1.